The summed E-state index contributed by atoms with van der Waals surface area (Å²) >= 11 is 0. The Morgan fingerprint density at radius 3 is 2.58 bits per heavy atom. The quantitative estimate of drug-likeness (QED) is 0.635. The fourth-order valence-corrected chi connectivity index (χ4v) is 3.75. The zero-order valence-corrected chi connectivity index (χ0v) is 13.3. The lowest BCUT2D eigenvalue weighted by molar-refractivity contribution is -0.142. The van der Waals surface area contributed by atoms with Crippen molar-refractivity contribution in [3.63, 3.8) is 0 Å². The van der Waals surface area contributed by atoms with E-state index in [2.05, 4.69) is 30.7 Å². The fourth-order valence-electron chi connectivity index (χ4n) is 2.21. The summed E-state index contributed by atoms with van der Waals surface area (Å²) in [6, 6.07) is 0. The Labute approximate surface area is 115 Å². The van der Waals surface area contributed by atoms with Crippen LogP contribution in [0, 0.1) is 0 Å². The van der Waals surface area contributed by atoms with Crippen LogP contribution in [0.2, 0.25) is 19.6 Å². The van der Waals surface area contributed by atoms with Crippen molar-refractivity contribution in [3.8, 4) is 0 Å². The van der Waals surface area contributed by atoms with Crippen molar-refractivity contribution in [2.24, 2.45) is 0 Å². The first-order valence-corrected chi connectivity index (χ1v) is 10.1. The van der Waals surface area contributed by atoms with Crippen LogP contribution < -0.4 is 5.32 Å². The highest BCUT2D eigenvalue weighted by molar-refractivity contribution is 6.81. The standard InChI is InChI=1S/C13H23NO4Si/c1-6-17-12(16)14-13(7-8-18-11(13)15)10(2)9-19(3,4)5/h9H,6-8H2,1-5H3,(H,14,16)/b10-9+. The summed E-state index contributed by atoms with van der Waals surface area (Å²) in [5.41, 5.74) is 1.92. The van der Waals surface area contributed by atoms with E-state index in [9.17, 15) is 9.59 Å². The summed E-state index contributed by atoms with van der Waals surface area (Å²) in [5.74, 6) is -0.396. The van der Waals surface area contributed by atoms with E-state index in [0.717, 1.165) is 5.57 Å². The summed E-state index contributed by atoms with van der Waals surface area (Å²) in [4.78, 5) is 23.7. The Kier molecular flexibility index (Phi) is 4.79. The van der Waals surface area contributed by atoms with E-state index < -0.39 is 25.7 Å². The van der Waals surface area contributed by atoms with E-state index in [1.807, 2.05) is 6.92 Å². The Bertz CT molecular complexity index is 400. The SMILES string of the molecule is CCOC(=O)NC1(/C(C)=C/[Si](C)(C)C)CCOC1=O. The number of rotatable bonds is 4. The van der Waals surface area contributed by atoms with E-state index >= 15 is 0 Å². The van der Waals surface area contributed by atoms with Crippen molar-refractivity contribution in [2.75, 3.05) is 13.2 Å². The summed E-state index contributed by atoms with van der Waals surface area (Å²) in [5, 5.41) is 2.68. The van der Waals surface area contributed by atoms with Gasteiger partial charge in [0, 0.05) is 6.42 Å². The van der Waals surface area contributed by atoms with Gasteiger partial charge in [0.2, 0.25) is 0 Å². The van der Waals surface area contributed by atoms with E-state index in [1.54, 1.807) is 6.92 Å². The Balaban J connectivity index is 3.04. The lowest BCUT2D eigenvalue weighted by Crippen LogP contribution is -2.53. The maximum Gasteiger partial charge on any atom is 0.408 e. The number of carbonyl (C=O) groups is 2. The third-order valence-corrected chi connectivity index (χ3v) is 4.27. The molecular weight excluding hydrogens is 262 g/mol. The molecule has 0 radical (unpaired) electrons. The van der Waals surface area contributed by atoms with Crippen LogP contribution in [0.4, 0.5) is 4.79 Å². The fraction of sp³-hybridized carbons (Fsp3) is 0.692. The summed E-state index contributed by atoms with van der Waals surface area (Å²) in [7, 11) is -1.50. The van der Waals surface area contributed by atoms with Crippen LogP contribution in [0.3, 0.4) is 0 Å². The number of carbonyl (C=O) groups excluding carboxylic acids is 2. The van der Waals surface area contributed by atoms with Crippen molar-refractivity contribution < 1.29 is 19.1 Å². The van der Waals surface area contributed by atoms with Crippen LogP contribution in [0.25, 0.3) is 0 Å². The summed E-state index contributed by atoms with van der Waals surface area (Å²) in [6.07, 6.45) is -0.123. The molecular formula is C13H23NO4Si. The lowest BCUT2D eigenvalue weighted by atomic mass is 9.90. The maximum absolute atomic E-state index is 12.0. The first-order chi connectivity index (χ1) is 8.71. The molecule has 0 spiro atoms. The second-order valence-corrected chi connectivity index (χ2v) is 10.9. The van der Waals surface area contributed by atoms with Crippen LogP contribution in [0.15, 0.2) is 11.3 Å². The van der Waals surface area contributed by atoms with Crippen molar-refractivity contribution in [2.45, 2.75) is 45.4 Å². The third kappa shape index (κ3) is 3.83. The molecule has 1 unspecified atom stereocenters. The van der Waals surface area contributed by atoms with Crippen LogP contribution in [0.1, 0.15) is 20.3 Å². The normalized spacial score (nSPS) is 24.1. The lowest BCUT2D eigenvalue weighted by Gasteiger charge is -2.28. The van der Waals surface area contributed by atoms with Crippen molar-refractivity contribution >= 4 is 20.1 Å². The van der Waals surface area contributed by atoms with E-state index in [-0.39, 0.29) is 6.61 Å². The first kappa shape index (κ1) is 15.8. The minimum Gasteiger partial charge on any atom is -0.464 e. The number of esters is 1. The molecule has 1 aliphatic heterocycles. The predicted octanol–water partition coefficient (Wildman–Crippen LogP) is 2.24. The van der Waals surface area contributed by atoms with Gasteiger partial charge >= 0.3 is 12.1 Å². The molecule has 6 heteroatoms. The van der Waals surface area contributed by atoms with Crippen LogP contribution in [-0.2, 0) is 14.3 Å². The van der Waals surface area contributed by atoms with Crippen molar-refractivity contribution in [1.29, 1.82) is 0 Å². The highest BCUT2D eigenvalue weighted by Crippen LogP contribution is 2.29. The Morgan fingerprint density at radius 2 is 2.16 bits per heavy atom. The molecule has 19 heavy (non-hydrogen) atoms. The third-order valence-electron chi connectivity index (χ3n) is 2.97. The molecule has 1 fully saturated rings. The van der Waals surface area contributed by atoms with Gasteiger partial charge in [-0.1, -0.05) is 25.3 Å². The van der Waals surface area contributed by atoms with Crippen LogP contribution in [-0.4, -0.2) is 38.9 Å². The molecule has 1 atom stereocenters. The van der Waals surface area contributed by atoms with Gasteiger partial charge in [0.1, 0.15) is 0 Å². The van der Waals surface area contributed by atoms with Crippen molar-refractivity contribution in [1.82, 2.24) is 5.32 Å². The monoisotopic (exact) mass is 285 g/mol. The van der Waals surface area contributed by atoms with Gasteiger partial charge in [0.25, 0.3) is 0 Å². The second kappa shape index (κ2) is 5.77. The molecule has 0 aromatic rings. The minimum absolute atomic E-state index is 0.272. The molecule has 1 heterocycles. The number of cyclic esters (lactones) is 1. The molecule has 0 bridgehead atoms. The molecule has 0 aliphatic carbocycles. The zero-order chi connectivity index (χ0) is 14.7. The Hall–Kier alpha value is -1.30. The van der Waals surface area contributed by atoms with Gasteiger partial charge in [-0.15, -0.1) is 0 Å². The number of alkyl carbamates (subject to hydrolysis) is 1. The molecule has 0 aromatic heterocycles. The number of nitrogens with one attached hydrogen (secondary N) is 1. The zero-order valence-electron chi connectivity index (χ0n) is 12.3. The Morgan fingerprint density at radius 1 is 1.53 bits per heavy atom. The second-order valence-electron chi connectivity index (χ2n) is 5.83. The average molecular weight is 285 g/mol. The number of ether oxygens (including phenoxy) is 2. The van der Waals surface area contributed by atoms with Gasteiger partial charge < -0.3 is 14.8 Å². The predicted molar refractivity (Wildman–Crippen MR) is 75.6 cm³/mol. The average Bonchev–Trinajstić information content (AvgIpc) is 2.59. The summed E-state index contributed by atoms with van der Waals surface area (Å²) in [6.45, 7) is 10.7. The maximum atomic E-state index is 12.0. The summed E-state index contributed by atoms with van der Waals surface area (Å²) < 4.78 is 9.93. The van der Waals surface area contributed by atoms with E-state index in [0.29, 0.717) is 13.0 Å². The minimum atomic E-state index is -1.50. The van der Waals surface area contributed by atoms with Gasteiger partial charge in [-0.05, 0) is 19.4 Å². The van der Waals surface area contributed by atoms with E-state index in [1.165, 1.54) is 0 Å². The molecule has 1 amide bonds. The molecule has 5 nitrogen and oxygen atoms in total. The van der Waals surface area contributed by atoms with Gasteiger partial charge in [-0.2, -0.15) is 0 Å². The van der Waals surface area contributed by atoms with Crippen LogP contribution in [0.5, 0.6) is 0 Å². The smallest absolute Gasteiger partial charge is 0.408 e. The molecule has 108 valence electrons. The van der Waals surface area contributed by atoms with Gasteiger partial charge in [0.05, 0.1) is 21.3 Å². The highest BCUT2D eigenvalue weighted by Gasteiger charge is 2.48. The molecule has 1 rings (SSSR count). The highest BCUT2D eigenvalue weighted by atomic mass is 28.3. The molecule has 1 N–H and O–H groups in total. The largest absolute Gasteiger partial charge is 0.464 e. The van der Waals surface area contributed by atoms with Gasteiger partial charge in [0.15, 0.2) is 5.54 Å². The molecule has 0 aromatic carbocycles. The van der Waals surface area contributed by atoms with Crippen molar-refractivity contribution in [3.05, 3.63) is 11.3 Å². The first-order valence-electron chi connectivity index (χ1n) is 6.53. The number of hydrogen-bond acceptors (Lipinski definition) is 4. The molecule has 0 saturated carbocycles. The molecule has 1 saturated heterocycles. The van der Waals surface area contributed by atoms with Crippen LogP contribution >= 0.6 is 0 Å². The number of amides is 1. The van der Waals surface area contributed by atoms with E-state index in [4.69, 9.17) is 9.47 Å². The number of hydrogen-bond donors (Lipinski definition) is 1. The molecule has 1 aliphatic rings. The van der Waals surface area contributed by atoms with Gasteiger partial charge in [-0.25, -0.2) is 9.59 Å². The van der Waals surface area contributed by atoms with Gasteiger partial charge in [-0.3, -0.25) is 0 Å². The topological polar surface area (TPSA) is 64.6 Å².